The van der Waals surface area contributed by atoms with Crippen molar-refractivity contribution < 1.29 is 14.6 Å². The van der Waals surface area contributed by atoms with Gasteiger partial charge < -0.3 is 20.3 Å². The second kappa shape index (κ2) is 8.47. The van der Waals surface area contributed by atoms with Crippen LogP contribution in [0.4, 0.5) is 0 Å². The molecule has 1 aliphatic rings. The van der Waals surface area contributed by atoms with E-state index in [4.69, 9.17) is 15.2 Å². The van der Waals surface area contributed by atoms with E-state index in [9.17, 15) is 5.11 Å². The molecule has 0 bridgehead atoms. The molecular weight excluding hydrogens is 290 g/mol. The third-order valence-corrected chi connectivity index (χ3v) is 4.30. The number of aliphatic hydroxyl groups excluding tert-OH is 1. The van der Waals surface area contributed by atoms with Crippen molar-refractivity contribution in [1.82, 2.24) is 0 Å². The fraction of sp³-hybridized carbons (Fsp3) is 0.625. The molecule has 2 rings (SSSR count). The monoisotopic (exact) mass is 315 g/mol. The first-order chi connectivity index (χ1) is 9.69. The summed E-state index contributed by atoms with van der Waals surface area (Å²) < 4.78 is 10.8. The van der Waals surface area contributed by atoms with Gasteiger partial charge in [0.05, 0.1) is 31.9 Å². The average Bonchev–Trinajstić information content (AvgIpc) is 2.53. The van der Waals surface area contributed by atoms with Gasteiger partial charge in [0.25, 0.3) is 0 Å². The Kier molecular flexibility index (Phi) is 7.29. The lowest BCUT2D eigenvalue weighted by atomic mass is 9.81. The molecule has 0 saturated heterocycles. The van der Waals surface area contributed by atoms with Crippen LogP contribution in [0.25, 0.3) is 0 Å². The van der Waals surface area contributed by atoms with Crippen LogP contribution in [0.3, 0.4) is 0 Å². The van der Waals surface area contributed by atoms with Gasteiger partial charge in [0.1, 0.15) is 11.5 Å². The molecular formula is C16H26ClNO3. The number of methoxy groups -OCH3 is 2. The second-order valence-corrected chi connectivity index (χ2v) is 5.49. The number of hydrogen-bond acceptors (Lipinski definition) is 4. The van der Waals surface area contributed by atoms with E-state index in [1.807, 2.05) is 18.2 Å². The Morgan fingerprint density at radius 2 is 1.62 bits per heavy atom. The van der Waals surface area contributed by atoms with Gasteiger partial charge in [0, 0.05) is 0 Å². The zero-order chi connectivity index (χ0) is 14.5. The van der Waals surface area contributed by atoms with Crippen LogP contribution >= 0.6 is 12.4 Å². The molecule has 1 aromatic carbocycles. The predicted octanol–water partition coefficient (Wildman–Crippen LogP) is 3.07. The Bertz CT molecular complexity index is 413. The Hall–Kier alpha value is -0.970. The normalized spacial score (nSPS) is 18.5. The first kappa shape index (κ1) is 18.1. The lowest BCUT2D eigenvalue weighted by molar-refractivity contribution is 0.0603. The summed E-state index contributed by atoms with van der Waals surface area (Å²) in [7, 11) is 3.22. The standard InChI is InChI=1S/C16H25NO3.ClH/c1-19-12-9-6-10-13(20-2)14(12)15(17)16(18)11-7-4-3-5-8-11;/h6,9-11,15-16,18H,3-5,7-8,17H2,1-2H3;1H/t15-,16+;/m0./s1. The first-order valence-electron chi connectivity index (χ1n) is 7.33. The predicted molar refractivity (Wildman–Crippen MR) is 86.3 cm³/mol. The van der Waals surface area contributed by atoms with Gasteiger partial charge >= 0.3 is 0 Å². The molecule has 21 heavy (non-hydrogen) atoms. The van der Waals surface area contributed by atoms with Crippen LogP contribution in [-0.4, -0.2) is 25.4 Å². The van der Waals surface area contributed by atoms with Crippen LogP contribution in [0.2, 0.25) is 0 Å². The zero-order valence-corrected chi connectivity index (χ0v) is 13.6. The van der Waals surface area contributed by atoms with Crippen molar-refractivity contribution >= 4 is 12.4 Å². The number of nitrogens with two attached hydrogens (primary N) is 1. The lowest BCUT2D eigenvalue weighted by Crippen LogP contribution is -2.34. The van der Waals surface area contributed by atoms with Gasteiger partial charge in [-0.2, -0.15) is 0 Å². The average molecular weight is 316 g/mol. The van der Waals surface area contributed by atoms with E-state index in [0.717, 1.165) is 18.4 Å². The number of ether oxygens (including phenoxy) is 2. The molecule has 0 aromatic heterocycles. The largest absolute Gasteiger partial charge is 0.496 e. The van der Waals surface area contributed by atoms with E-state index in [2.05, 4.69) is 0 Å². The minimum absolute atomic E-state index is 0. The molecule has 1 fully saturated rings. The third-order valence-electron chi connectivity index (χ3n) is 4.30. The summed E-state index contributed by atoms with van der Waals surface area (Å²) in [6.45, 7) is 0. The van der Waals surface area contributed by atoms with E-state index in [1.54, 1.807) is 14.2 Å². The second-order valence-electron chi connectivity index (χ2n) is 5.49. The molecule has 1 saturated carbocycles. The summed E-state index contributed by atoms with van der Waals surface area (Å²) in [6.07, 6.45) is 5.16. The molecule has 120 valence electrons. The van der Waals surface area contributed by atoms with Crippen LogP contribution < -0.4 is 15.2 Å². The number of rotatable bonds is 5. The Labute approximate surface area is 133 Å². The van der Waals surface area contributed by atoms with Crippen molar-refractivity contribution in [2.75, 3.05) is 14.2 Å². The molecule has 0 unspecified atom stereocenters. The van der Waals surface area contributed by atoms with Crippen molar-refractivity contribution in [3.63, 3.8) is 0 Å². The number of aliphatic hydroxyl groups is 1. The van der Waals surface area contributed by atoms with E-state index < -0.39 is 12.1 Å². The quantitative estimate of drug-likeness (QED) is 0.876. The maximum atomic E-state index is 10.6. The highest BCUT2D eigenvalue weighted by molar-refractivity contribution is 5.85. The summed E-state index contributed by atoms with van der Waals surface area (Å²) in [5.74, 6) is 1.62. The number of halogens is 1. The van der Waals surface area contributed by atoms with Gasteiger partial charge in [0.2, 0.25) is 0 Å². The highest BCUT2D eigenvalue weighted by Gasteiger charge is 2.31. The van der Waals surface area contributed by atoms with Crippen molar-refractivity contribution in [3.8, 4) is 11.5 Å². The molecule has 0 radical (unpaired) electrons. The van der Waals surface area contributed by atoms with Crippen molar-refractivity contribution in [1.29, 1.82) is 0 Å². The van der Waals surface area contributed by atoms with Crippen molar-refractivity contribution in [3.05, 3.63) is 23.8 Å². The third kappa shape index (κ3) is 4.02. The minimum atomic E-state index is -0.555. The molecule has 0 amide bonds. The van der Waals surface area contributed by atoms with Gasteiger partial charge in [0.15, 0.2) is 0 Å². The van der Waals surface area contributed by atoms with Crippen LogP contribution in [0, 0.1) is 5.92 Å². The topological polar surface area (TPSA) is 64.7 Å². The minimum Gasteiger partial charge on any atom is -0.496 e. The van der Waals surface area contributed by atoms with Crippen LogP contribution in [0.1, 0.15) is 43.7 Å². The van der Waals surface area contributed by atoms with Gasteiger partial charge in [-0.1, -0.05) is 25.3 Å². The van der Waals surface area contributed by atoms with E-state index in [1.165, 1.54) is 19.3 Å². The molecule has 0 heterocycles. The summed E-state index contributed by atoms with van der Waals surface area (Å²) in [6, 6.07) is 5.08. The maximum absolute atomic E-state index is 10.6. The number of hydrogen-bond donors (Lipinski definition) is 2. The summed E-state index contributed by atoms with van der Waals surface area (Å²) in [5, 5.41) is 10.6. The van der Waals surface area contributed by atoms with Crippen LogP contribution in [0.5, 0.6) is 11.5 Å². The fourth-order valence-corrected chi connectivity index (χ4v) is 3.15. The molecule has 0 aliphatic heterocycles. The fourth-order valence-electron chi connectivity index (χ4n) is 3.15. The van der Waals surface area contributed by atoms with Crippen molar-refractivity contribution in [2.24, 2.45) is 11.7 Å². The van der Waals surface area contributed by atoms with Crippen molar-refractivity contribution in [2.45, 2.75) is 44.2 Å². The highest BCUT2D eigenvalue weighted by Crippen LogP contribution is 2.38. The zero-order valence-electron chi connectivity index (χ0n) is 12.7. The molecule has 4 nitrogen and oxygen atoms in total. The molecule has 0 spiro atoms. The Morgan fingerprint density at radius 1 is 1.10 bits per heavy atom. The van der Waals surface area contributed by atoms with E-state index in [-0.39, 0.29) is 18.3 Å². The van der Waals surface area contributed by atoms with E-state index in [0.29, 0.717) is 11.5 Å². The molecule has 3 N–H and O–H groups in total. The van der Waals surface area contributed by atoms with Crippen LogP contribution in [-0.2, 0) is 0 Å². The maximum Gasteiger partial charge on any atom is 0.127 e. The van der Waals surface area contributed by atoms with Crippen LogP contribution in [0.15, 0.2) is 18.2 Å². The molecule has 1 aliphatic carbocycles. The Morgan fingerprint density at radius 3 is 2.10 bits per heavy atom. The summed E-state index contributed by atoms with van der Waals surface area (Å²) in [4.78, 5) is 0. The molecule has 1 aromatic rings. The smallest absolute Gasteiger partial charge is 0.127 e. The Balaban J connectivity index is 0.00000220. The SMILES string of the molecule is COc1cccc(OC)c1[C@H](N)[C@H](O)C1CCCCC1.Cl. The highest BCUT2D eigenvalue weighted by atomic mass is 35.5. The molecule has 5 heteroatoms. The van der Waals surface area contributed by atoms with Gasteiger partial charge in [-0.05, 0) is 30.9 Å². The van der Waals surface area contributed by atoms with E-state index >= 15 is 0 Å². The van der Waals surface area contributed by atoms with Gasteiger partial charge in [-0.25, -0.2) is 0 Å². The van der Waals surface area contributed by atoms with Gasteiger partial charge in [-0.15, -0.1) is 12.4 Å². The molecule has 2 atom stereocenters. The number of benzene rings is 1. The van der Waals surface area contributed by atoms with Gasteiger partial charge in [-0.3, -0.25) is 0 Å². The lowest BCUT2D eigenvalue weighted by Gasteiger charge is -2.31. The summed E-state index contributed by atoms with van der Waals surface area (Å²) >= 11 is 0. The summed E-state index contributed by atoms with van der Waals surface area (Å²) in [5.41, 5.74) is 7.07. The first-order valence-corrected chi connectivity index (χ1v) is 7.33.